The molecule has 1 amide bonds. The van der Waals surface area contributed by atoms with Gasteiger partial charge in [-0.2, -0.15) is 0 Å². The van der Waals surface area contributed by atoms with E-state index in [1.165, 1.54) is 4.57 Å². The lowest BCUT2D eigenvalue weighted by molar-refractivity contribution is -0.116. The van der Waals surface area contributed by atoms with Crippen LogP contribution in [0.4, 0.5) is 5.69 Å². The summed E-state index contributed by atoms with van der Waals surface area (Å²) in [5, 5.41) is 3.39. The summed E-state index contributed by atoms with van der Waals surface area (Å²) in [6.45, 7) is 5.63. The van der Waals surface area contributed by atoms with Crippen molar-refractivity contribution in [2.45, 2.75) is 27.3 Å². The van der Waals surface area contributed by atoms with Crippen molar-refractivity contribution in [2.24, 2.45) is 0 Å². The van der Waals surface area contributed by atoms with Gasteiger partial charge in [-0.1, -0.05) is 24.3 Å². The molecule has 0 unspecified atom stereocenters. The van der Waals surface area contributed by atoms with Crippen LogP contribution in [0.15, 0.2) is 47.3 Å². The lowest BCUT2D eigenvalue weighted by Gasteiger charge is -2.13. The summed E-state index contributed by atoms with van der Waals surface area (Å²) in [5.41, 5.74) is 3.33. The molecule has 5 heteroatoms. The van der Waals surface area contributed by atoms with Crippen LogP contribution in [0.1, 0.15) is 17.0 Å². The van der Waals surface area contributed by atoms with Crippen LogP contribution >= 0.6 is 0 Å². The second-order valence-corrected chi connectivity index (χ2v) is 5.86. The highest BCUT2D eigenvalue weighted by Crippen LogP contribution is 2.18. The standard InChI is InChI=1S/C19H19N3O2/c1-12-7-6-10-16(13(12)2)21-18(23)11-22-14(3)20-17-9-5-4-8-15(17)19(22)24/h4-10H,11H2,1-3H3,(H,21,23). The Bertz CT molecular complexity index is 990. The molecule has 0 saturated carbocycles. The minimum atomic E-state index is -0.244. The molecule has 0 atom stereocenters. The first-order valence-electron chi connectivity index (χ1n) is 7.79. The number of nitrogens with zero attached hydrogens (tertiary/aromatic N) is 2. The minimum Gasteiger partial charge on any atom is -0.324 e. The predicted octanol–water partition coefficient (Wildman–Crippen LogP) is 2.96. The first-order chi connectivity index (χ1) is 11.5. The molecule has 1 heterocycles. The van der Waals surface area contributed by atoms with Crippen molar-refractivity contribution in [3.63, 3.8) is 0 Å². The maximum absolute atomic E-state index is 12.6. The summed E-state index contributed by atoms with van der Waals surface area (Å²) in [7, 11) is 0. The van der Waals surface area contributed by atoms with E-state index in [1.54, 1.807) is 25.1 Å². The van der Waals surface area contributed by atoms with E-state index in [1.807, 2.05) is 38.1 Å². The van der Waals surface area contributed by atoms with Crippen molar-refractivity contribution in [1.82, 2.24) is 9.55 Å². The van der Waals surface area contributed by atoms with Crippen LogP contribution < -0.4 is 10.9 Å². The quantitative estimate of drug-likeness (QED) is 0.806. The van der Waals surface area contributed by atoms with Gasteiger partial charge in [-0.15, -0.1) is 0 Å². The second kappa shape index (κ2) is 6.28. The van der Waals surface area contributed by atoms with Gasteiger partial charge in [0.2, 0.25) is 5.91 Å². The Morgan fingerprint density at radius 2 is 1.83 bits per heavy atom. The maximum atomic E-state index is 12.6. The van der Waals surface area contributed by atoms with Gasteiger partial charge in [0.15, 0.2) is 0 Å². The molecule has 24 heavy (non-hydrogen) atoms. The third-order valence-corrected chi connectivity index (χ3v) is 4.23. The van der Waals surface area contributed by atoms with Gasteiger partial charge in [-0.25, -0.2) is 4.98 Å². The number of hydrogen-bond donors (Lipinski definition) is 1. The molecule has 122 valence electrons. The number of carbonyl (C=O) groups is 1. The normalized spacial score (nSPS) is 10.8. The van der Waals surface area contributed by atoms with Crippen molar-refractivity contribution in [1.29, 1.82) is 0 Å². The lowest BCUT2D eigenvalue weighted by Crippen LogP contribution is -2.30. The molecule has 0 fully saturated rings. The Kier molecular flexibility index (Phi) is 4.16. The number of rotatable bonds is 3. The highest BCUT2D eigenvalue weighted by atomic mass is 16.2. The number of anilines is 1. The molecule has 0 aliphatic heterocycles. The van der Waals surface area contributed by atoms with Crippen molar-refractivity contribution in [3.8, 4) is 0 Å². The van der Waals surface area contributed by atoms with Crippen LogP contribution in [0.5, 0.6) is 0 Å². The highest BCUT2D eigenvalue weighted by Gasteiger charge is 2.12. The molecule has 3 rings (SSSR count). The number of aryl methyl sites for hydroxylation is 2. The van der Waals surface area contributed by atoms with Crippen LogP contribution in [0.3, 0.4) is 0 Å². The van der Waals surface area contributed by atoms with Crippen LogP contribution in [-0.4, -0.2) is 15.5 Å². The van der Waals surface area contributed by atoms with Crippen molar-refractivity contribution in [3.05, 3.63) is 69.8 Å². The van der Waals surface area contributed by atoms with Gasteiger partial charge in [0.25, 0.3) is 5.56 Å². The number of aromatic nitrogens is 2. The van der Waals surface area contributed by atoms with Crippen LogP contribution in [-0.2, 0) is 11.3 Å². The molecular formula is C19H19N3O2. The fourth-order valence-corrected chi connectivity index (χ4v) is 2.69. The molecule has 3 aromatic rings. The molecule has 0 bridgehead atoms. The van der Waals surface area contributed by atoms with Gasteiger partial charge < -0.3 is 5.32 Å². The van der Waals surface area contributed by atoms with Gasteiger partial charge in [-0.3, -0.25) is 14.2 Å². The Morgan fingerprint density at radius 1 is 1.08 bits per heavy atom. The third-order valence-electron chi connectivity index (χ3n) is 4.23. The van der Waals surface area contributed by atoms with E-state index in [-0.39, 0.29) is 18.0 Å². The maximum Gasteiger partial charge on any atom is 0.261 e. The number of nitrogens with one attached hydrogen (secondary N) is 1. The van der Waals surface area contributed by atoms with Crippen molar-refractivity contribution in [2.75, 3.05) is 5.32 Å². The molecule has 0 saturated heterocycles. The number of hydrogen-bond acceptors (Lipinski definition) is 3. The van der Waals surface area contributed by atoms with Gasteiger partial charge in [0.1, 0.15) is 12.4 Å². The average molecular weight is 321 g/mol. The molecule has 1 N–H and O–H groups in total. The second-order valence-electron chi connectivity index (χ2n) is 5.86. The molecule has 0 aliphatic rings. The lowest BCUT2D eigenvalue weighted by atomic mass is 10.1. The molecule has 1 aromatic heterocycles. The first-order valence-corrected chi connectivity index (χ1v) is 7.79. The summed E-state index contributed by atoms with van der Waals surface area (Å²) >= 11 is 0. The zero-order chi connectivity index (χ0) is 17.3. The number of benzene rings is 2. The SMILES string of the molecule is Cc1cccc(NC(=O)Cn2c(C)nc3ccccc3c2=O)c1C. The Labute approximate surface area is 140 Å². The van der Waals surface area contributed by atoms with Crippen molar-refractivity contribution < 1.29 is 4.79 Å². The van der Waals surface area contributed by atoms with E-state index < -0.39 is 0 Å². The van der Waals surface area contributed by atoms with E-state index in [0.29, 0.717) is 16.7 Å². The first kappa shape index (κ1) is 15.9. The minimum absolute atomic E-state index is 0.0596. The Balaban J connectivity index is 1.91. The van der Waals surface area contributed by atoms with Gasteiger partial charge in [0, 0.05) is 5.69 Å². The Morgan fingerprint density at radius 3 is 2.62 bits per heavy atom. The fourth-order valence-electron chi connectivity index (χ4n) is 2.69. The molecular weight excluding hydrogens is 302 g/mol. The topological polar surface area (TPSA) is 64.0 Å². The van der Waals surface area contributed by atoms with Crippen LogP contribution in [0, 0.1) is 20.8 Å². The van der Waals surface area contributed by atoms with Gasteiger partial charge >= 0.3 is 0 Å². The summed E-state index contributed by atoms with van der Waals surface area (Å²) in [4.78, 5) is 29.4. The molecule has 0 radical (unpaired) electrons. The predicted molar refractivity (Wildman–Crippen MR) is 95.3 cm³/mol. The monoisotopic (exact) mass is 321 g/mol. The van der Waals surface area contributed by atoms with Crippen LogP contribution in [0.2, 0.25) is 0 Å². The number of carbonyl (C=O) groups excluding carboxylic acids is 1. The number of para-hydroxylation sites is 1. The fraction of sp³-hybridized carbons (Fsp3) is 0.211. The zero-order valence-electron chi connectivity index (χ0n) is 14.0. The molecule has 5 nitrogen and oxygen atoms in total. The third kappa shape index (κ3) is 2.93. The average Bonchev–Trinajstić information content (AvgIpc) is 2.56. The summed E-state index contributed by atoms with van der Waals surface area (Å²) in [6.07, 6.45) is 0. The largest absolute Gasteiger partial charge is 0.324 e. The van der Waals surface area contributed by atoms with E-state index in [0.717, 1.165) is 16.8 Å². The van der Waals surface area contributed by atoms with E-state index in [4.69, 9.17) is 0 Å². The molecule has 0 spiro atoms. The smallest absolute Gasteiger partial charge is 0.261 e. The zero-order valence-corrected chi connectivity index (χ0v) is 14.0. The van der Waals surface area contributed by atoms with E-state index in [9.17, 15) is 9.59 Å². The summed E-state index contributed by atoms with van der Waals surface area (Å²) in [5.74, 6) is 0.279. The van der Waals surface area contributed by atoms with E-state index in [2.05, 4.69) is 10.3 Å². The van der Waals surface area contributed by atoms with Crippen molar-refractivity contribution >= 4 is 22.5 Å². The molecule has 2 aromatic carbocycles. The number of amides is 1. The van der Waals surface area contributed by atoms with Crippen LogP contribution in [0.25, 0.3) is 10.9 Å². The number of fused-ring (bicyclic) bond motifs is 1. The molecule has 0 aliphatic carbocycles. The summed E-state index contributed by atoms with van der Waals surface area (Å²) < 4.78 is 1.41. The van der Waals surface area contributed by atoms with Gasteiger partial charge in [-0.05, 0) is 50.1 Å². The summed E-state index contributed by atoms with van der Waals surface area (Å²) in [6, 6.07) is 12.9. The van der Waals surface area contributed by atoms with Gasteiger partial charge in [0.05, 0.1) is 10.9 Å². The van der Waals surface area contributed by atoms with E-state index >= 15 is 0 Å². The highest BCUT2D eigenvalue weighted by molar-refractivity contribution is 5.91. The Hall–Kier alpha value is -2.95.